The van der Waals surface area contributed by atoms with Gasteiger partial charge in [-0.3, -0.25) is 9.59 Å². The number of carboxylic acid groups (broad SMARTS) is 1. The molecule has 0 saturated heterocycles. The van der Waals surface area contributed by atoms with Crippen LogP contribution in [-0.2, 0) is 9.59 Å². The maximum absolute atomic E-state index is 11.1. The summed E-state index contributed by atoms with van der Waals surface area (Å²) in [6.07, 6.45) is -0.563. The minimum atomic E-state index is -1.57. The largest absolute Gasteiger partial charge is 0.475 e. The van der Waals surface area contributed by atoms with Crippen LogP contribution in [0.2, 0.25) is 0 Å². The number of carbonyl (C=O) groups excluding carboxylic acids is 2. The quantitative estimate of drug-likeness (QED) is 0.444. The Morgan fingerprint density at radius 3 is 2.54 bits per heavy atom. The third kappa shape index (κ3) is 2.48. The van der Waals surface area contributed by atoms with Crippen LogP contribution in [0.1, 0.15) is 16.8 Å². The molecule has 1 aromatic heterocycles. The van der Waals surface area contributed by atoms with E-state index >= 15 is 0 Å². The van der Waals surface area contributed by atoms with Crippen molar-refractivity contribution in [1.82, 2.24) is 0 Å². The molecule has 1 aromatic rings. The molecule has 0 saturated carbocycles. The number of aliphatic carboxylic acids is 1. The van der Waals surface area contributed by atoms with Crippen molar-refractivity contribution >= 4 is 28.9 Å². The lowest BCUT2D eigenvalue weighted by Crippen LogP contribution is -2.16. The van der Waals surface area contributed by atoms with Crippen LogP contribution in [0.25, 0.3) is 0 Å². The number of hydrogen-bond acceptors (Lipinski definition) is 4. The predicted octanol–water partition coefficient (Wildman–Crippen LogP) is 0.975. The Balaban J connectivity index is 2.62. The Bertz CT molecular complexity index is 339. The molecule has 0 aliphatic rings. The highest BCUT2D eigenvalue weighted by Gasteiger charge is 2.17. The second kappa shape index (κ2) is 3.95. The van der Waals surface area contributed by atoms with Gasteiger partial charge in [0, 0.05) is 10.9 Å². The fourth-order valence-corrected chi connectivity index (χ4v) is 1.41. The van der Waals surface area contributed by atoms with Gasteiger partial charge in [-0.2, -0.15) is 11.3 Å². The van der Waals surface area contributed by atoms with Gasteiger partial charge < -0.3 is 5.11 Å². The lowest BCUT2D eigenvalue weighted by atomic mass is 10.1. The highest BCUT2D eigenvalue weighted by atomic mass is 32.1. The third-order valence-corrected chi connectivity index (χ3v) is 2.09. The normalized spacial score (nSPS) is 9.54. The first kappa shape index (κ1) is 9.60. The van der Waals surface area contributed by atoms with Gasteiger partial charge in [-0.05, 0) is 11.4 Å². The highest BCUT2D eigenvalue weighted by Crippen LogP contribution is 2.08. The van der Waals surface area contributed by atoms with E-state index in [1.54, 1.807) is 16.8 Å². The molecule has 1 rings (SSSR count). The van der Waals surface area contributed by atoms with Crippen LogP contribution in [0.3, 0.4) is 0 Å². The molecular formula is C8H6O4S. The zero-order valence-corrected chi connectivity index (χ0v) is 7.34. The number of thiophene rings is 1. The average Bonchev–Trinajstić information content (AvgIpc) is 2.55. The Labute approximate surface area is 77.8 Å². The van der Waals surface area contributed by atoms with Gasteiger partial charge in [0.1, 0.15) is 0 Å². The van der Waals surface area contributed by atoms with E-state index in [1.165, 1.54) is 11.3 Å². The van der Waals surface area contributed by atoms with Crippen LogP contribution in [-0.4, -0.2) is 22.6 Å². The Morgan fingerprint density at radius 1 is 1.38 bits per heavy atom. The number of carboxylic acids is 1. The van der Waals surface area contributed by atoms with Gasteiger partial charge in [0.2, 0.25) is 5.78 Å². The fraction of sp³-hybridized carbons (Fsp3) is 0.125. The van der Waals surface area contributed by atoms with Crippen molar-refractivity contribution in [3.8, 4) is 0 Å². The average molecular weight is 198 g/mol. The second-order valence-electron chi connectivity index (χ2n) is 2.34. The van der Waals surface area contributed by atoms with Crippen LogP contribution in [0.5, 0.6) is 0 Å². The van der Waals surface area contributed by atoms with E-state index in [2.05, 4.69) is 0 Å². The van der Waals surface area contributed by atoms with Gasteiger partial charge >= 0.3 is 5.97 Å². The Morgan fingerprint density at radius 2 is 2.08 bits per heavy atom. The number of rotatable bonds is 4. The van der Waals surface area contributed by atoms with Gasteiger partial charge in [-0.25, -0.2) is 4.79 Å². The summed E-state index contributed by atoms with van der Waals surface area (Å²) in [7, 11) is 0. The van der Waals surface area contributed by atoms with Crippen LogP contribution >= 0.6 is 11.3 Å². The summed E-state index contributed by atoms with van der Waals surface area (Å²) < 4.78 is 0. The first-order chi connectivity index (χ1) is 6.11. The van der Waals surface area contributed by atoms with Crippen LogP contribution in [0, 0.1) is 0 Å². The van der Waals surface area contributed by atoms with Crippen molar-refractivity contribution in [2.45, 2.75) is 6.42 Å². The maximum atomic E-state index is 11.1. The molecule has 0 radical (unpaired) electrons. The van der Waals surface area contributed by atoms with Crippen molar-refractivity contribution in [3.63, 3.8) is 0 Å². The van der Waals surface area contributed by atoms with Crippen molar-refractivity contribution < 1.29 is 19.5 Å². The standard InChI is InChI=1S/C8H6O4S/c9-6(3-7(10)8(11)12)5-1-2-13-4-5/h1-2,4H,3H2,(H,11,12). The molecule has 13 heavy (non-hydrogen) atoms. The molecule has 0 fully saturated rings. The molecule has 0 atom stereocenters. The molecule has 0 unspecified atom stereocenters. The van der Waals surface area contributed by atoms with E-state index < -0.39 is 24.0 Å². The number of Topliss-reactive ketones (excluding diaryl/α,β-unsaturated/α-hetero) is 2. The number of carbonyl (C=O) groups is 3. The monoisotopic (exact) mass is 198 g/mol. The second-order valence-corrected chi connectivity index (χ2v) is 3.12. The summed E-state index contributed by atoms with van der Waals surface area (Å²) in [4.78, 5) is 31.9. The van der Waals surface area contributed by atoms with Gasteiger partial charge in [0.15, 0.2) is 5.78 Å². The molecule has 0 aliphatic carbocycles. The van der Waals surface area contributed by atoms with E-state index in [4.69, 9.17) is 5.11 Å². The van der Waals surface area contributed by atoms with Gasteiger partial charge in [-0.1, -0.05) is 0 Å². The van der Waals surface area contributed by atoms with Crippen molar-refractivity contribution in [3.05, 3.63) is 22.4 Å². The minimum absolute atomic E-state index is 0.389. The molecule has 1 N–H and O–H groups in total. The molecule has 0 amide bonds. The molecule has 0 aromatic carbocycles. The molecule has 0 bridgehead atoms. The van der Waals surface area contributed by atoms with Gasteiger partial charge in [-0.15, -0.1) is 0 Å². The molecular weight excluding hydrogens is 192 g/mol. The van der Waals surface area contributed by atoms with Crippen molar-refractivity contribution in [2.75, 3.05) is 0 Å². The van der Waals surface area contributed by atoms with Gasteiger partial charge in [0.05, 0.1) is 6.42 Å². The number of ketones is 2. The Hall–Kier alpha value is -1.49. The summed E-state index contributed by atoms with van der Waals surface area (Å²) in [5.41, 5.74) is 0.389. The predicted molar refractivity (Wildman–Crippen MR) is 45.9 cm³/mol. The molecule has 0 spiro atoms. The first-order valence-electron chi connectivity index (χ1n) is 3.43. The maximum Gasteiger partial charge on any atom is 0.372 e. The topological polar surface area (TPSA) is 71.4 Å². The molecule has 68 valence electrons. The van der Waals surface area contributed by atoms with Crippen LogP contribution in [0.15, 0.2) is 16.8 Å². The summed E-state index contributed by atoms with van der Waals surface area (Å²) in [6, 6.07) is 1.56. The van der Waals surface area contributed by atoms with Crippen LogP contribution < -0.4 is 0 Å². The number of hydrogen-bond donors (Lipinski definition) is 1. The zero-order valence-electron chi connectivity index (χ0n) is 6.52. The molecule has 5 heteroatoms. The highest BCUT2D eigenvalue weighted by molar-refractivity contribution is 7.08. The van der Waals surface area contributed by atoms with E-state index in [9.17, 15) is 14.4 Å². The first-order valence-corrected chi connectivity index (χ1v) is 4.37. The van der Waals surface area contributed by atoms with Crippen molar-refractivity contribution in [2.24, 2.45) is 0 Å². The summed E-state index contributed by atoms with van der Waals surface area (Å²) in [6.45, 7) is 0. The van der Waals surface area contributed by atoms with E-state index in [1.807, 2.05) is 0 Å². The summed E-state index contributed by atoms with van der Waals surface area (Å²) in [5, 5.41) is 11.5. The van der Waals surface area contributed by atoms with E-state index in [-0.39, 0.29) is 0 Å². The smallest absolute Gasteiger partial charge is 0.372 e. The summed E-state index contributed by atoms with van der Waals surface area (Å²) in [5.74, 6) is -3.09. The lowest BCUT2D eigenvalue weighted by molar-refractivity contribution is -0.148. The zero-order chi connectivity index (χ0) is 9.84. The fourth-order valence-electron chi connectivity index (χ4n) is 0.747. The third-order valence-electron chi connectivity index (χ3n) is 1.40. The van der Waals surface area contributed by atoms with Crippen LogP contribution in [0.4, 0.5) is 0 Å². The molecule has 4 nitrogen and oxygen atoms in total. The SMILES string of the molecule is O=C(O)C(=O)CC(=O)c1ccsc1. The van der Waals surface area contributed by atoms with E-state index in [0.29, 0.717) is 5.56 Å². The van der Waals surface area contributed by atoms with E-state index in [0.717, 1.165) is 0 Å². The summed E-state index contributed by atoms with van der Waals surface area (Å²) >= 11 is 1.32. The van der Waals surface area contributed by atoms with Crippen molar-refractivity contribution in [1.29, 1.82) is 0 Å². The molecule has 1 heterocycles. The lowest BCUT2D eigenvalue weighted by Gasteiger charge is -1.92. The van der Waals surface area contributed by atoms with Gasteiger partial charge in [0.25, 0.3) is 0 Å². The molecule has 0 aliphatic heterocycles. The minimum Gasteiger partial charge on any atom is -0.475 e. The Kier molecular flexibility index (Phi) is 2.92.